The van der Waals surface area contributed by atoms with Crippen LogP contribution in [-0.2, 0) is 16.0 Å². The maximum atomic E-state index is 13.2. The first-order valence-corrected chi connectivity index (χ1v) is 4.51. The summed E-state index contributed by atoms with van der Waals surface area (Å²) in [5, 5.41) is 0. The zero-order valence-electron chi connectivity index (χ0n) is 8.62. The van der Waals surface area contributed by atoms with Gasteiger partial charge in [-0.25, -0.2) is 9.37 Å². The topological polar surface area (TPSA) is 48.4 Å². The summed E-state index contributed by atoms with van der Waals surface area (Å²) in [6.45, 7) is 1.98. The van der Waals surface area contributed by atoms with Gasteiger partial charge in [0.05, 0.1) is 26.3 Å². The van der Waals surface area contributed by atoms with E-state index >= 15 is 0 Å². The van der Waals surface area contributed by atoms with Crippen molar-refractivity contribution in [1.29, 1.82) is 0 Å². The SMILES string of the molecule is CCOC(=O)Cc1cc(OC)ncc1F. The number of nitrogens with zero attached hydrogens (tertiary/aromatic N) is 1. The van der Waals surface area contributed by atoms with Gasteiger partial charge in [0, 0.05) is 11.6 Å². The minimum Gasteiger partial charge on any atom is -0.481 e. The molecule has 0 unspecified atom stereocenters. The molecule has 0 atom stereocenters. The van der Waals surface area contributed by atoms with Crippen molar-refractivity contribution in [3.63, 3.8) is 0 Å². The fraction of sp³-hybridized carbons (Fsp3) is 0.400. The minimum atomic E-state index is -0.538. The molecule has 0 bridgehead atoms. The van der Waals surface area contributed by atoms with E-state index in [1.54, 1.807) is 6.92 Å². The molecule has 0 saturated heterocycles. The lowest BCUT2D eigenvalue weighted by molar-refractivity contribution is -0.142. The van der Waals surface area contributed by atoms with Crippen molar-refractivity contribution in [3.8, 4) is 5.88 Å². The fourth-order valence-electron chi connectivity index (χ4n) is 1.07. The number of carbonyl (C=O) groups excluding carboxylic acids is 1. The van der Waals surface area contributed by atoms with Gasteiger partial charge >= 0.3 is 5.97 Å². The van der Waals surface area contributed by atoms with Crippen LogP contribution in [0.4, 0.5) is 4.39 Å². The van der Waals surface area contributed by atoms with E-state index in [-0.39, 0.29) is 24.5 Å². The van der Waals surface area contributed by atoms with Crippen molar-refractivity contribution in [2.75, 3.05) is 13.7 Å². The van der Waals surface area contributed by atoms with Gasteiger partial charge in [0.15, 0.2) is 0 Å². The highest BCUT2D eigenvalue weighted by Crippen LogP contribution is 2.13. The largest absolute Gasteiger partial charge is 0.481 e. The number of hydrogen-bond acceptors (Lipinski definition) is 4. The van der Waals surface area contributed by atoms with Crippen molar-refractivity contribution in [2.24, 2.45) is 0 Å². The zero-order chi connectivity index (χ0) is 11.3. The minimum absolute atomic E-state index is 0.113. The first kappa shape index (κ1) is 11.4. The summed E-state index contributed by atoms with van der Waals surface area (Å²) in [6.07, 6.45) is 0.909. The molecule has 0 N–H and O–H groups in total. The lowest BCUT2D eigenvalue weighted by Gasteiger charge is -2.04. The Labute approximate surface area is 87.0 Å². The van der Waals surface area contributed by atoms with Crippen LogP contribution in [0.3, 0.4) is 0 Å². The Morgan fingerprint density at radius 1 is 1.60 bits per heavy atom. The van der Waals surface area contributed by atoms with Crippen molar-refractivity contribution in [1.82, 2.24) is 4.98 Å². The molecule has 1 heterocycles. The monoisotopic (exact) mass is 213 g/mol. The third kappa shape index (κ3) is 3.19. The molecule has 1 aromatic heterocycles. The van der Waals surface area contributed by atoms with E-state index in [9.17, 15) is 9.18 Å². The maximum absolute atomic E-state index is 13.2. The maximum Gasteiger partial charge on any atom is 0.310 e. The smallest absolute Gasteiger partial charge is 0.310 e. The number of methoxy groups -OCH3 is 1. The molecule has 0 radical (unpaired) electrons. The van der Waals surface area contributed by atoms with Gasteiger partial charge in [0.25, 0.3) is 0 Å². The molecule has 5 heteroatoms. The number of aromatic nitrogens is 1. The Bertz CT molecular complexity index is 355. The lowest BCUT2D eigenvalue weighted by Crippen LogP contribution is -2.09. The van der Waals surface area contributed by atoms with E-state index in [0.29, 0.717) is 0 Å². The fourth-order valence-corrected chi connectivity index (χ4v) is 1.07. The van der Waals surface area contributed by atoms with E-state index in [0.717, 1.165) is 6.20 Å². The van der Waals surface area contributed by atoms with Crippen LogP contribution in [0, 0.1) is 5.82 Å². The molecule has 4 nitrogen and oxygen atoms in total. The number of rotatable bonds is 4. The lowest BCUT2D eigenvalue weighted by atomic mass is 10.2. The third-order valence-electron chi connectivity index (χ3n) is 1.76. The molecule has 0 amide bonds. The van der Waals surface area contributed by atoms with Crippen LogP contribution in [0.15, 0.2) is 12.3 Å². The van der Waals surface area contributed by atoms with Crippen LogP contribution in [0.2, 0.25) is 0 Å². The summed E-state index contributed by atoms with van der Waals surface area (Å²) in [7, 11) is 1.42. The van der Waals surface area contributed by atoms with Gasteiger partial charge in [0.1, 0.15) is 5.82 Å². The highest BCUT2D eigenvalue weighted by atomic mass is 19.1. The Morgan fingerprint density at radius 2 is 2.33 bits per heavy atom. The summed E-state index contributed by atoms with van der Waals surface area (Å²) < 4.78 is 22.7. The average molecular weight is 213 g/mol. The van der Waals surface area contributed by atoms with Crippen molar-refractivity contribution < 1.29 is 18.7 Å². The number of halogens is 1. The molecular weight excluding hydrogens is 201 g/mol. The first-order chi connectivity index (χ1) is 7.17. The highest BCUT2D eigenvalue weighted by molar-refractivity contribution is 5.72. The van der Waals surface area contributed by atoms with Crippen LogP contribution in [-0.4, -0.2) is 24.7 Å². The van der Waals surface area contributed by atoms with Gasteiger partial charge in [-0.1, -0.05) is 0 Å². The summed E-state index contributed by atoms with van der Waals surface area (Å²) in [5.74, 6) is -0.732. The molecule has 15 heavy (non-hydrogen) atoms. The second kappa shape index (κ2) is 5.29. The molecular formula is C10H12FNO3. The molecule has 1 aromatic rings. The number of pyridine rings is 1. The van der Waals surface area contributed by atoms with E-state index in [1.807, 2.05) is 0 Å². The van der Waals surface area contributed by atoms with Crippen molar-refractivity contribution in [2.45, 2.75) is 13.3 Å². The average Bonchev–Trinajstić information content (AvgIpc) is 2.21. The molecule has 0 fully saturated rings. The molecule has 0 spiro atoms. The van der Waals surface area contributed by atoms with Gasteiger partial charge in [-0.2, -0.15) is 0 Å². The molecule has 0 saturated carbocycles. The van der Waals surface area contributed by atoms with E-state index < -0.39 is 11.8 Å². The third-order valence-corrected chi connectivity index (χ3v) is 1.76. The summed E-state index contributed by atoms with van der Waals surface area (Å²) in [4.78, 5) is 14.8. The van der Waals surface area contributed by atoms with Crippen LogP contribution >= 0.6 is 0 Å². The number of ether oxygens (including phenoxy) is 2. The van der Waals surface area contributed by atoms with Gasteiger partial charge < -0.3 is 9.47 Å². The predicted molar refractivity (Wildman–Crippen MR) is 51.1 cm³/mol. The van der Waals surface area contributed by atoms with Crippen LogP contribution < -0.4 is 4.74 Å². The summed E-state index contributed by atoms with van der Waals surface area (Å²) in [6, 6.07) is 1.38. The summed E-state index contributed by atoms with van der Waals surface area (Å²) >= 11 is 0. The molecule has 0 aliphatic heterocycles. The van der Waals surface area contributed by atoms with E-state index in [2.05, 4.69) is 4.98 Å². The van der Waals surface area contributed by atoms with Crippen LogP contribution in [0.25, 0.3) is 0 Å². The Kier molecular flexibility index (Phi) is 4.03. The first-order valence-electron chi connectivity index (χ1n) is 4.51. The molecule has 0 aliphatic carbocycles. The van der Waals surface area contributed by atoms with Gasteiger partial charge in [0.2, 0.25) is 5.88 Å². The predicted octanol–water partition coefficient (Wildman–Crippen LogP) is 1.33. The Balaban J connectivity index is 2.79. The number of esters is 1. The molecule has 1 rings (SSSR count). The molecule has 82 valence electrons. The van der Waals surface area contributed by atoms with Crippen molar-refractivity contribution >= 4 is 5.97 Å². The van der Waals surface area contributed by atoms with Gasteiger partial charge in [-0.15, -0.1) is 0 Å². The highest BCUT2D eigenvalue weighted by Gasteiger charge is 2.10. The Hall–Kier alpha value is -1.65. The second-order valence-corrected chi connectivity index (χ2v) is 2.80. The second-order valence-electron chi connectivity index (χ2n) is 2.80. The number of hydrogen-bond donors (Lipinski definition) is 0. The van der Waals surface area contributed by atoms with Gasteiger partial charge in [-0.05, 0) is 6.92 Å². The number of carbonyl (C=O) groups is 1. The quantitative estimate of drug-likeness (QED) is 0.708. The van der Waals surface area contributed by atoms with E-state index in [4.69, 9.17) is 9.47 Å². The Morgan fingerprint density at radius 3 is 2.93 bits per heavy atom. The van der Waals surface area contributed by atoms with Crippen LogP contribution in [0.5, 0.6) is 5.88 Å². The summed E-state index contributed by atoms with van der Waals surface area (Å²) in [5.41, 5.74) is 0.223. The molecule has 0 aliphatic rings. The van der Waals surface area contributed by atoms with E-state index in [1.165, 1.54) is 13.2 Å². The van der Waals surface area contributed by atoms with Gasteiger partial charge in [-0.3, -0.25) is 4.79 Å². The van der Waals surface area contributed by atoms with Crippen LogP contribution in [0.1, 0.15) is 12.5 Å². The normalized spacial score (nSPS) is 9.80. The zero-order valence-corrected chi connectivity index (χ0v) is 8.62. The standard InChI is InChI=1S/C10H12FNO3/c1-3-15-10(13)5-7-4-9(14-2)12-6-8(7)11/h4,6H,3,5H2,1-2H3. The van der Waals surface area contributed by atoms with Crippen molar-refractivity contribution in [3.05, 3.63) is 23.6 Å². The molecule has 0 aromatic carbocycles.